The molecule has 0 aliphatic rings. The third-order valence-electron chi connectivity index (χ3n) is 2.66. The lowest BCUT2D eigenvalue weighted by Crippen LogP contribution is -2.12. The van der Waals surface area contributed by atoms with Crippen LogP contribution in [-0.4, -0.2) is 4.37 Å². The molecule has 0 bridgehead atoms. The number of hydrogen-bond acceptors (Lipinski definition) is 2. The fourth-order valence-electron chi connectivity index (χ4n) is 2.05. The summed E-state index contributed by atoms with van der Waals surface area (Å²) < 4.78 is 4.59. The van der Waals surface area contributed by atoms with Crippen molar-refractivity contribution in [1.29, 1.82) is 0 Å². The summed E-state index contributed by atoms with van der Waals surface area (Å²) in [4.78, 5) is 1.33. The molecule has 1 aromatic heterocycles. The van der Waals surface area contributed by atoms with E-state index < -0.39 is 0 Å². The van der Waals surface area contributed by atoms with Gasteiger partial charge in [0, 0.05) is 10.4 Å². The predicted octanol–water partition coefficient (Wildman–Crippen LogP) is 4.42. The Morgan fingerprint density at radius 2 is 1.69 bits per heavy atom. The Morgan fingerprint density at radius 1 is 1.06 bits per heavy atom. The van der Waals surface area contributed by atoms with Crippen molar-refractivity contribution in [2.24, 2.45) is 0 Å². The molecule has 0 spiro atoms. The number of aromatic nitrogens is 1. The molecule has 0 atom stereocenters. The van der Waals surface area contributed by atoms with E-state index in [1.54, 1.807) is 11.5 Å². The molecule has 0 aliphatic carbocycles. The van der Waals surface area contributed by atoms with Crippen LogP contribution < -0.4 is 0 Å². The summed E-state index contributed by atoms with van der Waals surface area (Å²) >= 11 is 1.60. The molecular weight excluding hydrogens is 214 g/mol. The Bertz CT molecular complexity index is 477. The number of hydrogen-bond donors (Lipinski definition) is 0. The summed E-state index contributed by atoms with van der Waals surface area (Å²) in [7, 11) is 0. The average Bonchev–Trinajstić information content (AvgIpc) is 2.61. The summed E-state index contributed by atoms with van der Waals surface area (Å²) in [6.45, 7) is 8.90. The molecule has 84 valence electrons. The second-order valence-electron chi connectivity index (χ2n) is 5.08. The standard InChI is InChI=1S/C14H17NS/c1-10-12(14(2,3)4)13(15-16-10)11-8-6-5-7-9-11/h5-9H,1-4H3. The van der Waals surface area contributed by atoms with Crippen molar-refractivity contribution < 1.29 is 0 Å². The molecule has 0 N–H and O–H groups in total. The van der Waals surface area contributed by atoms with Gasteiger partial charge in [-0.3, -0.25) is 0 Å². The Labute approximate surface area is 101 Å². The highest BCUT2D eigenvalue weighted by atomic mass is 32.1. The minimum Gasteiger partial charge on any atom is -0.192 e. The topological polar surface area (TPSA) is 12.9 Å². The van der Waals surface area contributed by atoms with Crippen molar-refractivity contribution in [1.82, 2.24) is 4.37 Å². The minimum absolute atomic E-state index is 0.155. The van der Waals surface area contributed by atoms with Crippen LogP contribution in [0.3, 0.4) is 0 Å². The average molecular weight is 231 g/mol. The molecule has 0 amide bonds. The van der Waals surface area contributed by atoms with Crippen LogP contribution in [0.25, 0.3) is 11.3 Å². The van der Waals surface area contributed by atoms with E-state index in [1.807, 2.05) is 6.07 Å². The summed E-state index contributed by atoms with van der Waals surface area (Å²) in [5.41, 5.74) is 3.90. The van der Waals surface area contributed by atoms with Gasteiger partial charge in [0.2, 0.25) is 0 Å². The first-order valence-electron chi connectivity index (χ1n) is 5.52. The minimum atomic E-state index is 0.155. The molecule has 1 heterocycles. The second kappa shape index (κ2) is 4.02. The molecular formula is C14H17NS. The SMILES string of the molecule is Cc1snc(-c2ccccc2)c1C(C)(C)C. The zero-order valence-electron chi connectivity index (χ0n) is 10.2. The quantitative estimate of drug-likeness (QED) is 0.708. The monoisotopic (exact) mass is 231 g/mol. The number of aryl methyl sites for hydroxylation is 1. The van der Waals surface area contributed by atoms with Gasteiger partial charge in [0.15, 0.2) is 0 Å². The van der Waals surface area contributed by atoms with E-state index in [9.17, 15) is 0 Å². The Hall–Kier alpha value is -1.15. The fourth-order valence-corrected chi connectivity index (χ4v) is 2.97. The van der Waals surface area contributed by atoms with Crippen LogP contribution in [0.15, 0.2) is 30.3 Å². The summed E-state index contributed by atoms with van der Waals surface area (Å²) in [5, 5.41) is 0. The first kappa shape index (κ1) is 11.3. The first-order valence-corrected chi connectivity index (χ1v) is 6.29. The van der Waals surface area contributed by atoms with Crippen LogP contribution in [0.5, 0.6) is 0 Å². The van der Waals surface area contributed by atoms with Gasteiger partial charge in [-0.15, -0.1) is 0 Å². The van der Waals surface area contributed by atoms with Gasteiger partial charge in [0.1, 0.15) is 0 Å². The number of nitrogens with zero attached hydrogens (tertiary/aromatic N) is 1. The molecule has 0 aliphatic heterocycles. The maximum atomic E-state index is 4.59. The van der Waals surface area contributed by atoms with Crippen LogP contribution in [-0.2, 0) is 5.41 Å². The van der Waals surface area contributed by atoms with Gasteiger partial charge in [-0.2, -0.15) is 4.37 Å². The molecule has 0 saturated heterocycles. The van der Waals surface area contributed by atoms with Gasteiger partial charge < -0.3 is 0 Å². The molecule has 0 radical (unpaired) electrons. The highest BCUT2D eigenvalue weighted by Crippen LogP contribution is 2.36. The van der Waals surface area contributed by atoms with E-state index >= 15 is 0 Å². The molecule has 2 rings (SSSR count). The van der Waals surface area contributed by atoms with Gasteiger partial charge in [-0.05, 0) is 29.4 Å². The van der Waals surface area contributed by atoms with Crippen molar-refractivity contribution in [2.75, 3.05) is 0 Å². The van der Waals surface area contributed by atoms with Gasteiger partial charge in [-0.25, -0.2) is 0 Å². The summed E-state index contributed by atoms with van der Waals surface area (Å²) in [6.07, 6.45) is 0. The zero-order valence-corrected chi connectivity index (χ0v) is 11.1. The second-order valence-corrected chi connectivity index (χ2v) is 6.06. The van der Waals surface area contributed by atoms with Crippen molar-refractivity contribution in [3.05, 3.63) is 40.8 Å². The summed E-state index contributed by atoms with van der Waals surface area (Å²) in [6, 6.07) is 10.4. The van der Waals surface area contributed by atoms with Crippen LogP contribution in [0.4, 0.5) is 0 Å². The van der Waals surface area contributed by atoms with E-state index in [1.165, 1.54) is 16.0 Å². The van der Waals surface area contributed by atoms with E-state index in [0.29, 0.717) is 0 Å². The van der Waals surface area contributed by atoms with Crippen molar-refractivity contribution in [3.8, 4) is 11.3 Å². The van der Waals surface area contributed by atoms with E-state index in [0.717, 1.165) is 5.69 Å². The van der Waals surface area contributed by atoms with E-state index in [2.05, 4.69) is 56.3 Å². The maximum absolute atomic E-state index is 4.59. The van der Waals surface area contributed by atoms with Gasteiger partial charge in [0.05, 0.1) is 5.69 Å². The molecule has 0 unspecified atom stereocenters. The third-order valence-corrected chi connectivity index (χ3v) is 3.41. The van der Waals surface area contributed by atoms with Gasteiger partial charge in [0.25, 0.3) is 0 Å². The van der Waals surface area contributed by atoms with Gasteiger partial charge >= 0.3 is 0 Å². The highest BCUT2D eigenvalue weighted by molar-refractivity contribution is 7.06. The van der Waals surface area contributed by atoms with Crippen LogP contribution in [0, 0.1) is 6.92 Å². The predicted molar refractivity (Wildman–Crippen MR) is 71.0 cm³/mol. The molecule has 0 saturated carbocycles. The highest BCUT2D eigenvalue weighted by Gasteiger charge is 2.23. The Morgan fingerprint density at radius 3 is 2.25 bits per heavy atom. The number of rotatable bonds is 1. The third kappa shape index (κ3) is 2.03. The zero-order chi connectivity index (χ0) is 11.8. The molecule has 0 fully saturated rings. The lowest BCUT2D eigenvalue weighted by molar-refractivity contribution is 0.590. The lowest BCUT2D eigenvalue weighted by Gasteiger charge is -2.20. The molecule has 2 aromatic rings. The lowest BCUT2D eigenvalue weighted by atomic mass is 9.84. The van der Waals surface area contributed by atoms with Crippen molar-refractivity contribution in [3.63, 3.8) is 0 Å². The van der Waals surface area contributed by atoms with Crippen molar-refractivity contribution >= 4 is 11.5 Å². The largest absolute Gasteiger partial charge is 0.192 e. The molecule has 1 aromatic carbocycles. The van der Waals surface area contributed by atoms with Crippen LogP contribution >= 0.6 is 11.5 Å². The van der Waals surface area contributed by atoms with Crippen molar-refractivity contribution in [2.45, 2.75) is 33.1 Å². The molecule has 1 nitrogen and oxygen atoms in total. The van der Waals surface area contributed by atoms with Gasteiger partial charge in [-0.1, -0.05) is 51.1 Å². The smallest absolute Gasteiger partial charge is 0.0880 e. The van der Waals surface area contributed by atoms with Crippen LogP contribution in [0.1, 0.15) is 31.2 Å². The molecule has 2 heteroatoms. The Kier molecular flexibility index (Phi) is 2.85. The normalized spacial score (nSPS) is 11.8. The maximum Gasteiger partial charge on any atom is 0.0880 e. The Balaban J connectivity index is 2.60. The number of benzene rings is 1. The van der Waals surface area contributed by atoms with E-state index in [-0.39, 0.29) is 5.41 Å². The summed E-state index contributed by atoms with van der Waals surface area (Å²) in [5.74, 6) is 0. The van der Waals surface area contributed by atoms with E-state index in [4.69, 9.17) is 0 Å². The fraction of sp³-hybridized carbons (Fsp3) is 0.357. The molecule has 16 heavy (non-hydrogen) atoms. The first-order chi connectivity index (χ1) is 7.50. The van der Waals surface area contributed by atoms with Crippen LogP contribution in [0.2, 0.25) is 0 Å².